The summed E-state index contributed by atoms with van der Waals surface area (Å²) in [5, 5.41) is 6.40. The van der Waals surface area contributed by atoms with Crippen molar-refractivity contribution >= 4 is 46.0 Å². The van der Waals surface area contributed by atoms with Gasteiger partial charge in [-0.05, 0) is 36.4 Å². The SMILES string of the molecule is Clc1ccc(/C=N/Nc2cccc3ncccc23)c(Cl)c1. The number of pyridine rings is 1. The van der Waals surface area contributed by atoms with Crippen molar-refractivity contribution in [3.63, 3.8) is 0 Å². The predicted molar refractivity (Wildman–Crippen MR) is 89.4 cm³/mol. The topological polar surface area (TPSA) is 37.3 Å². The van der Waals surface area contributed by atoms with Crippen molar-refractivity contribution < 1.29 is 0 Å². The highest BCUT2D eigenvalue weighted by molar-refractivity contribution is 6.36. The minimum Gasteiger partial charge on any atom is -0.278 e. The third-order valence-electron chi connectivity index (χ3n) is 3.00. The Hall–Kier alpha value is -2.10. The molecule has 0 aliphatic rings. The summed E-state index contributed by atoms with van der Waals surface area (Å²) in [6.07, 6.45) is 3.43. The number of fused-ring (bicyclic) bond motifs is 1. The number of anilines is 1. The van der Waals surface area contributed by atoms with Gasteiger partial charge in [0.15, 0.2) is 0 Å². The van der Waals surface area contributed by atoms with Crippen molar-refractivity contribution in [2.24, 2.45) is 5.10 Å². The second-order valence-electron chi connectivity index (χ2n) is 4.41. The zero-order valence-corrected chi connectivity index (χ0v) is 12.4. The number of rotatable bonds is 3. The second-order valence-corrected chi connectivity index (χ2v) is 5.26. The molecule has 1 N–H and O–H groups in total. The normalized spacial score (nSPS) is 11.1. The van der Waals surface area contributed by atoms with Crippen LogP contribution < -0.4 is 5.43 Å². The van der Waals surface area contributed by atoms with E-state index in [2.05, 4.69) is 15.5 Å². The van der Waals surface area contributed by atoms with Gasteiger partial charge in [0, 0.05) is 22.2 Å². The molecule has 3 aromatic rings. The molecular weight excluding hydrogens is 305 g/mol. The van der Waals surface area contributed by atoms with Crippen LogP contribution in [0.1, 0.15) is 5.56 Å². The number of nitrogens with one attached hydrogen (secondary N) is 1. The quantitative estimate of drug-likeness (QED) is 0.546. The van der Waals surface area contributed by atoms with Crippen LogP contribution in [0.5, 0.6) is 0 Å². The summed E-state index contributed by atoms with van der Waals surface area (Å²) >= 11 is 12.0. The van der Waals surface area contributed by atoms with E-state index in [1.807, 2.05) is 36.4 Å². The van der Waals surface area contributed by atoms with Gasteiger partial charge in [0.1, 0.15) is 0 Å². The molecule has 0 saturated heterocycles. The van der Waals surface area contributed by atoms with Gasteiger partial charge in [0.2, 0.25) is 0 Å². The van der Waals surface area contributed by atoms with Crippen LogP contribution in [0.4, 0.5) is 5.69 Å². The van der Waals surface area contributed by atoms with Gasteiger partial charge in [0.05, 0.1) is 22.4 Å². The summed E-state index contributed by atoms with van der Waals surface area (Å²) in [4.78, 5) is 4.30. The molecule has 0 atom stereocenters. The lowest BCUT2D eigenvalue weighted by molar-refractivity contribution is 1.35. The highest BCUT2D eigenvalue weighted by Crippen LogP contribution is 2.22. The van der Waals surface area contributed by atoms with E-state index in [1.165, 1.54) is 0 Å². The Labute approximate surface area is 132 Å². The summed E-state index contributed by atoms with van der Waals surface area (Å²) in [5.41, 5.74) is 5.62. The Kier molecular flexibility index (Phi) is 4.04. The largest absolute Gasteiger partial charge is 0.278 e. The number of nitrogens with zero attached hydrogens (tertiary/aromatic N) is 2. The monoisotopic (exact) mass is 315 g/mol. The van der Waals surface area contributed by atoms with E-state index in [0.29, 0.717) is 10.0 Å². The summed E-state index contributed by atoms with van der Waals surface area (Å²) in [6, 6.07) is 15.0. The third-order valence-corrected chi connectivity index (χ3v) is 3.56. The van der Waals surface area contributed by atoms with Crippen LogP contribution in [-0.4, -0.2) is 11.2 Å². The van der Waals surface area contributed by atoms with Gasteiger partial charge in [-0.1, -0.05) is 35.3 Å². The molecule has 3 nitrogen and oxygen atoms in total. The molecule has 104 valence electrons. The van der Waals surface area contributed by atoms with Gasteiger partial charge in [-0.2, -0.15) is 5.10 Å². The summed E-state index contributed by atoms with van der Waals surface area (Å²) in [6.45, 7) is 0. The van der Waals surface area contributed by atoms with Crippen LogP contribution in [0.15, 0.2) is 59.8 Å². The number of aromatic nitrogens is 1. The van der Waals surface area contributed by atoms with Crippen molar-refractivity contribution in [3.05, 3.63) is 70.3 Å². The molecule has 5 heteroatoms. The van der Waals surface area contributed by atoms with Crippen LogP contribution >= 0.6 is 23.2 Å². The summed E-state index contributed by atoms with van der Waals surface area (Å²) < 4.78 is 0. The fraction of sp³-hybridized carbons (Fsp3) is 0. The molecule has 21 heavy (non-hydrogen) atoms. The maximum absolute atomic E-state index is 6.09. The number of hydrogen-bond donors (Lipinski definition) is 1. The molecule has 2 aromatic carbocycles. The van der Waals surface area contributed by atoms with Gasteiger partial charge >= 0.3 is 0 Å². The number of benzene rings is 2. The van der Waals surface area contributed by atoms with Crippen LogP contribution in [0.25, 0.3) is 10.9 Å². The smallest absolute Gasteiger partial charge is 0.0723 e. The number of hydrogen-bond acceptors (Lipinski definition) is 3. The molecule has 3 rings (SSSR count). The Morgan fingerprint density at radius 1 is 1.05 bits per heavy atom. The van der Waals surface area contributed by atoms with Crippen molar-refractivity contribution in [1.29, 1.82) is 0 Å². The van der Waals surface area contributed by atoms with Crippen molar-refractivity contribution in [2.75, 3.05) is 5.43 Å². The first-order chi connectivity index (χ1) is 10.2. The molecule has 0 unspecified atom stereocenters. The fourth-order valence-corrected chi connectivity index (χ4v) is 2.44. The van der Waals surface area contributed by atoms with Gasteiger partial charge < -0.3 is 0 Å². The van der Waals surface area contributed by atoms with E-state index in [1.54, 1.807) is 24.5 Å². The maximum atomic E-state index is 6.09. The molecule has 0 spiro atoms. The Morgan fingerprint density at radius 2 is 1.95 bits per heavy atom. The lowest BCUT2D eigenvalue weighted by Gasteiger charge is -2.04. The van der Waals surface area contributed by atoms with E-state index in [-0.39, 0.29) is 0 Å². The Morgan fingerprint density at radius 3 is 2.81 bits per heavy atom. The Balaban J connectivity index is 1.84. The first kappa shape index (κ1) is 13.9. The van der Waals surface area contributed by atoms with E-state index in [0.717, 1.165) is 22.2 Å². The van der Waals surface area contributed by atoms with Gasteiger partial charge in [-0.25, -0.2) is 0 Å². The molecule has 0 bridgehead atoms. The van der Waals surface area contributed by atoms with Crippen molar-refractivity contribution in [1.82, 2.24) is 4.98 Å². The molecule has 1 heterocycles. The van der Waals surface area contributed by atoms with Crippen LogP contribution in [0.2, 0.25) is 10.0 Å². The van der Waals surface area contributed by atoms with Crippen LogP contribution in [-0.2, 0) is 0 Å². The van der Waals surface area contributed by atoms with Gasteiger partial charge in [-0.3, -0.25) is 10.4 Å². The van der Waals surface area contributed by atoms with E-state index >= 15 is 0 Å². The standard InChI is InChI=1S/C16H11Cl2N3/c17-12-7-6-11(14(18)9-12)10-20-21-16-5-1-4-15-13(16)3-2-8-19-15/h1-10,21H/b20-10+. The average Bonchev–Trinajstić information content (AvgIpc) is 2.50. The lowest BCUT2D eigenvalue weighted by atomic mass is 10.2. The lowest BCUT2D eigenvalue weighted by Crippen LogP contribution is -1.92. The molecule has 0 saturated carbocycles. The fourth-order valence-electron chi connectivity index (χ4n) is 1.98. The zero-order valence-electron chi connectivity index (χ0n) is 10.9. The first-order valence-electron chi connectivity index (χ1n) is 6.32. The zero-order chi connectivity index (χ0) is 14.7. The summed E-state index contributed by atoms with van der Waals surface area (Å²) in [7, 11) is 0. The first-order valence-corrected chi connectivity index (χ1v) is 7.07. The van der Waals surface area contributed by atoms with E-state index in [9.17, 15) is 0 Å². The number of halogens is 2. The molecule has 0 amide bonds. The molecule has 0 aliphatic heterocycles. The van der Waals surface area contributed by atoms with Crippen LogP contribution in [0, 0.1) is 0 Å². The molecule has 0 aliphatic carbocycles. The molecule has 1 aromatic heterocycles. The van der Waals surface area contributed by atoms with E-state index in [4.69, 9.17) is 23.2 Å². The highest BCUT2D eigenvalue weighted by atomic mass is 35.5. The van der Waals surface area contributed by atoms with Crippen LogP contribution in [0.3, 0.4) is 0 Å². The van der Waals surface area contributed by atoms with E-state index < -0.39 is 0 Å². The second kappa shape index (κ2) is 6.12. The van der Waals surface area contributed by atoms with Gasteiger partial charge in [-0.15, -0.1) is 0 Å². The predicted octanol–water partition coefficient (Wildman–Crippen LogP) is 4.99. The minimum atomic E-state index is 0.563. The average molecular weight is 316 g/mol. The highest BCUT2D eigenvalue weighted by Gasteiger charge is 2.00. The number of hydrazone groups is 1. The van der Waals surface area contributed by atoms with Crippen molar-refractivity contribution in [2.45, 2.75) is 0 Å². The third kappa shape index (κ3) is 3.15. The summed E-state index contributed by atoms with van der Waals surface area (Å²) in [5.74, 6) is 0. The molecule has 0 fully saturated rings. The van der Waals surface area contributed by atoms with Crippen molar-refractivity contribution in [3.8, 4) is 0 Å². The molecule has 0 radical (unpaired) electrons. The molecular formula is C16H11Cl2N3. The Bertz CT molecular complexity index is 810. The maximum Gasteiger partial charge on any atom is 0.0723 e. The van der Waals surface area contributed by atoms with Gasteiger partial charge in [0.25, 0.3) is 0 Å². The minimum absolute atomic E-state index is 0.563.